The molecule has 3 aliphatic heterocycles. The van der Waals surface area contributed by atoms with Crippen molar-refractivity contribution in [2.24, 2.45) is 57.5 Å². The molecule has 12 fully saturated rings. The lowest BCUT2D eigenvalue weighted by Gasteiger charge is -2.64. The number of carboxylic acid groups (broad SMARTS) is 1. The minimum absolute atomic E-state index is 0.0187. The van der Waals surface area contributed by atoms with E-state index in [2.05, 4.69) is 148 Å². The van der Waals surface area contributed by atoms with Crippen molar-refractivity contribution >= 4 is 94.6 Å². The van der Waals surface area contributed by atoms with Crippen molar-refractivity contribution in [3.8, 4) is 0 Å². The Balaban J connectivity index is 0.000000228. The van der Waals surface area contributed by atoms with E-state index in [4.69, 9.17) is 48.8 Å². The maximum Gasteiger partial charge on any atom is 0.481 e. The van der Waals surface area contributed by atoms with Crippen LogP contribution in [0.3, 0.4) is 0 Å². The van der Waals surface area contributed by atoms with Crippen LogP contribution in [0.4, 0.5) is 0 Å². The van der Waals surface area contributed by atoms with Crippen LogP contribution in [0.25, 0.3) is 0 Å². The van der Waals surface area contributed by atoms with Gasteiger partial charge in [-0.25, -0.2) is 0 Å². The number of hydrogen-bond donors (Lipinski definition) is 14. The fraction of sp³-hybridized carbons (Fsp3) is 0.875. The van der Waals surface area contributed by atoms with Gasteiger partial charge in [-0.3, -0.25) is 48.5 Å². The molecule has 6 bridgehead atoms. The molecule has 34 heteroatoms. The molecule has 98 heavy (non-hydrogen) atoms. The van der Waals surface area contributed by atoms with E-state index >= 15 is 0 Å². The Kier molecular flexibility index (Phi) is 29.4. The first-order chi connectivity index (χ1) is 45.1. The van der Waals surface area contributed by atoms with Crippen LogP contribution in [0, 0.1) is 51.8 Å². The summed E-state index contributed by atoms with van der Waals surface area (Å²) in [5.41, 5.74) is 5.95. The summed E-state index contributed by atoms with van der Waals surface area (Å²) in [6, 6.07) is -4.72. The van der Waals surface area contributed by atoms with E-state index in [-0.39, 0.29) is 106 Å². The van der Waals surface area contributed by atoms with Crippen molar-refractivity contribution in [3.63, 3.8) is 0 Å². The molecule has 25 atom stereocenters. The molecule has 9 saturated carbocycles. The molecular weight excluding hydrogens is 1300 g/mol. The Bertz CT molecular complexity index is 2810. The molecular formula is C64H121B4N11O17P2. The van der Waals surface area contributed by atoms with E-state index in [0.29, 0.717) is 46.9 Å². The van der Waals surface area contributed by atoms with Crippen molar-refractivity contribution in [1.29, 1.82) is 0 Å². The Hall–Kier alpha value is -3.60. The summed E-state index contributed by atoms with van der Waals surface area (Å²) in [5.74, 6) is -0.293. The second-order valence-electron chi connectivity index (χ2n) is 31.9. The first kappa shape index (κ1) is 85.0. The Morgan fingerprint density at radius 3 is 1.00 bits per heavy atom. The average Bonchev–Trinajstić information content (AvgIpc) is 1.38. The molecule has 15 N–H and O–H groups in total. The minimum Gasteiger partial charge on any atom is -0.480 e. The molecule has 12 rings (SSSR count). The van der Waals surface area contributed by atoms with Gasteiger partial charge in [0.2, 0.25) is 41.4 Å². The zero-order chi connectivity index (χ0) is 74.6. The zero-order valence-electron chi connectivity index (χ0n) is 62.5. The van der Waals surface area contributed by atoms with Gasteiger partial charge in [0.1, 0.15) is 24.2 Å². The van der Waals surface area contributed by atoms with E-state index < -0.39 is 75.4 Å². The van der Waals surface area contributed by atoms with Crippen molar-refractivity contribution in [1.82, 2.24) is 52.7 Å². The van der Waals surface area contributed by atoms with Gasteiger partial charge in [0.05, 0.1) is 77.1 Å². The number of carbonyl (C=O) groups is 8. The molecule has 0 aromatic carbocycles. The topological polar surface area (TPSA) is 399 Å². The summed E-state index contributed by atoms with van der Waals surface area (Å²) in [6.45, 7) is 43.1. The second kappa shape index (κ2) is 33.9. The minimum atomic E-state index is -1.63. The van der Waals surface area contributed by atoms with Gasteiger partial charge in [-0.05, 0) is 200 Å². The van der Waals surface area contributed by atoms with Crippen LogP contribution < -0.4 is 58.4 Å². The molecule has 3 saturated heterocycles. The van der Waals surface area contributed by atoms with Gasteiger partial charge >= 0.3 is 34.4 Å². The van der Waals surface area contributed by atoms with E-state index in [1.54, 1.807) is 48.6 Å². The summed E-state index contributed by atoms with van der Waals surface area (Å²) in [6.07, 6.45) is 7.47. The number of nitrogens with two attached hydrogens (primary N) is 1. The summed E-state index contributed by atoms with van der Waals surface area (Å²) < 4.78 is 37.5. The van der Waals surface area contributed by atoms with Gasteiger partial charge in [-0.1, -0.05) is 74.2 Å². The number of likely N-dealkylation sites (N-methyl/N-ethyl adjacent to an activating group) is 1. The van der Waals surface area contributed by atoms with Crippen LogP contribution in [0.5, 0.6) is 0 Å². The number of amides is 7. The molecule has 0 spiro atoms. The van der Waals surface area contributed by atoms with Crippen LogP contribution in [-0.4, -0.2) is 199 Å². The molecule has 10 unspecified atom stereocenters. The number of carboxylic acids is 1. The van der Waals surface area contributed by atoms with E-state index in [1.807, 2.05) is 13.8 Å². The monoisotopic (exact) mass is 1420 g/mol. The molecule has 7 amide bonds. The molecule has 3 heterocycles. The van der Waals surface area contributed by atoms with E-state index in [0.717, 1.165) is 18.8 Å². The highest BCUT2D eigenvalue weighted by Crippen LogP contribution is 2.68. The van der Waals surface area contributed by atoms with Crippen LogP contribution >= 0.6 is 18.8 Å². The van der Waals surface area contributed by atoms with Crippen molar-refractivity contribution in [2.75, 3.05) is 7.05 Å². The number of aliphatic carboxylic acids is 1. The highest BCUT2D eigenvalue weighted by molar-refractivity contribution is 7.14. The van der Waals surface area contributed by atoms with Gasteiger partial charge in [0.25, 0.3) is 0 Å². The fourth-order valence-electron chi connectivity index (χ4n) is 15.6. The van der Waals surface area contributed by atoms with Crippen molar-refractivity contribution in [2.45, 2.75) is 298 Å². The van der Waals surface area contributed by atoms with Crippen LogP contribution in [0.15, 0.2) is 0 Å². The Labute approximate surface area is 588 Å². The maximum atomic E-state index is 12.5. The first-order valence-corrected chi connectivity index (χ1v) is 36.3. The molecule has 0 aromatic rings. The van der Waals surface area contributed by atoms with Crippen LogP contribution in [-0.2, 0) is 66.3 Å². The number of hydrogen-bond acceptors (Lipinski definition) is 20. The first-order valence-electron chi connectivity index (χ1n) is 35.2. The lowest BCUT2D eigenvalue weighted by molar-refractivity contribution is -0.199. The zero-order valence-corrected chi connectivity index (χ0v) is 64.8. The molecule has 0 radical (unpaired) electrons. The quantitative estimate of drug-likeness (QED) is 0.0542. The molecule has 12 aliphatic rings. The van der Waals surface area contributed by atoms with Gasteiger partial charge in [-0.2, -0.15) is 0 Å². The fourth-order valence-corrected chi connectivity index (χ4v) is 15.9. The van der Waals surface area contributed by atoms with Gasteiger partial charge in [-0.15, -0.1) is 0 Å². The molecule has 9 aliphatic carbocycles. The predicted octanol–water partition coefficient (Wildman–Crippen LogP) is 1.73. The highest BCUT2D eigenvalue weighted by atomic mass is 31.0. The van der Waals surface area contributed by atoms with Crippen molar-refractivity contribution < 1.29 is 81.4 Å². The van der Waals surface area contributed by atoms with E-state index in [1.165, 1.54) is 46.5 Å². The third-order valence-electron chi connectivity index (χ3n) is 23.3. The van der Waals surface area contributed by atoms with Crippen molar-refractivity contribution in [3.05, 3.63) is 0 Å². The molecule has 556 valence electrons. The summed E-state index contributed by atoms with van der Waals surface area (Å²) >= 11 is 0. The smallest absolute Gasteiger partial charge is 0.480 e. The predicted molar refractivity (Wildman–Crippen MR) is 383 cm³/mol. The third-order valence-corrected chi connectivity index (χ3v) is 24.3. The summed E-state index contributed by atoms with van der Waals surface area (Å²) in [4.78, 5) is 92.7. The van der Waals surface area contributed by atoms with Gasteiger partial charge < -0.3 is 91.3 Å². The third kappa shape index (κ3) is 19.0. The normalized spacial score (nSPS) is 32.7. The second-order valence-corrected chi connectivity index (χ2v) is 32.6. The molecule has 0 aromatic heterocycles. The summed E-state index contributed by atoms with van der Waals surface area (Å²) in [5, 5.41) is 52.5. The standard InChI is InChI=1S/C18H33BN3O4P.C18H32BN3O4.C13H23BO2.C8H19BN3O4P.C7H14N2O3/c1-9(20-16(24)10(2)22-27)15(23)21-11(3)19-25-14-8-12-7-13(17(12,4)5)18(14,6)26-19;1-9(20)15(23)21-10(2)16(24)22-11(3)19-25-14-8-12-7-13(17(12,4)5)18(14,6)26-19;1-8(2)14-15-11-7-9-6-10(12(9,3)4)13(11,5)16-14;1-4(10-8(14)5(2)12-17)7(13)11-6(3)9(15)16;1-4(8-3)6(10)9-5(2)7(11)12/h9-14,22H,7-8,27H2,1-6H3,(H,20,24)(H,21,23);9-14H,7-8,20H2,1-6H3,(H,21,23)(H,22,24);8-11H,6-7H2,1-5H3;4-6,12,15-16H,17H2,1-3H3,(H,10,14)(H,11,13);4-5,8H,1-3H3,(H,9,10)(H,11,12)/t2*9?,10?,11-,12-,13-,14+,18-;9-,10-,11+,13-;4?,5?,6-;/m0000./s1. The maximum absolute atomic E-state index is 12.5. The van der Waals surface area contributed by atoms with Gasteiger partial charge in [0, 0.05) is 0 Å². The van der Waals surface area contributed by atoms with Gasteiger partial charge in [0.15, 0.2) is 0 Å². The largest absolute Gasteiger partial charge is 0.481 e. The number of rotatable bonds is 22. The number of carbonyl (C=O) groups excluding carboxylic acids is 7. The Morgan fingerprint density at radius 1 is 0.429 bits per heavy atom. The average molecular weight is 1420 g/mol. The number of nitrogens with one attached hydrogen (secondary N) is 10. The summed E-state index contributed by atoms with van der Waals surface area (Å²) in [7, 11) is 3.59. The Morgan fingerprint density at radius 2 is 0.714 bits per heavy atom. The van der Waals surface area contributed by atoms with Crippen LogP contribution in [0.2, 0.25) is 5.82 Å². The van der Waals surface area contributed by atoms with Crippen LogP contribution in [0.1, 0.15) is 191 Å². The van der Waals surface area contributed by atoms with E-state index in [9.17, 15) is 38.4 Å². The SMILES string of the molecule is CC(C)B1O[C@@H]2C[C@@H]3C[C@@H](C3(C)C)[C@]2(C)O1.CC(N)C(=O)NC(C)C(=O)N[C@@H](C)B1O[C@@H]2C[C@@H]3C[C@@H](C3(C)C)[C@]2(C)O1.CC(NP)C(=O)NC(C)C(=O)N[C@@H](C)B(O)O.CC(NP)C(=O)NC(C)C(=O)N[C@@H](C)B1O[C@@H]2C[C@@H]3C[C@@H](C3(C)C)[C@]2(C)O1.CNC(C)C(=O)NC(C)C(=O)O. The highest BCUT2D eigenvalue weighted by Gasteiger charge is 2.71. The molecule has 28 nitrogen and oxygen atoms in total. The lowest BCUT2D eigenvalue weighted by atomic mass is 9.43. The lowest BCUT2D eigenvalue weighted by Crippen LogP contribution is -2.65.